The van der Waals surface area contributed by atoms with Gasteiger partial charge in [0.05, 0.1) is 35.6 Å². The van der Waals surface area contributed by atoms with E-state index in [0.717, 1.165) is 11.0 Å². The summed E-state index contributed by atoms with van der Waals surface area (Å²) in [6.07, 6.45) is 3.33. The number of aromatic nitrogens is 3. The van der Waals surface area contributed by atoms with Crippen molar-refractivity contribution < 1.29 is 14.3 Å². The van der Waals surface area contributed by atoms with Crippen LogP contribution in [0.3, 0.4) is 0 Å². The van der Waals surface area contributed by atoms with Gasteiger partial charge in [-0.2, -0.15) is 0 Å². The number of carbonyl (C=O) groups is 2. The van der Waals surface area contributed by atoms with Gasteiger partial charge in [-0.15, -0.1) is 11.8 Å². The Morgan fingerprint density at radius 2 is 1.81 bits per heavy atom. The van der Waals surface area contributed by atoms with Crippen molar-refractivity contribution in [3.8, 4) is 5.82 Å². The number of pyridine rings is 1. The van der Waals surface area contributed by atoms with Crippen molar-refractivity contribution in [3.63, 3.8) is 0 Å². The Morgan fingerprint density at radius 1 is 1.03 bits per heavy atom. The van der Waals surface area contributed by atoms with Crippen LogP contribution in [0.2, 0.25) is 0 Å². The minimum absolute atomic E-state index is 0.275. The standard InChI is InChI=1S/C23H20N4O3S/c1-15(23(29)30-2)31-20-10-6-3-7-17(20)22(28)26-16-11-12-21(24-13-16)27-14-25-18-8-4-5-9-19(18)27/h3-15H,1-2H3,(H,26,28). The molecule has 7 nitrogen and oxygen atoms in total. The van der Waals surface area contributed by atoms with Crippen LogP contribution >= 0.6 is 11.8 Å². The molecule has 4 aromatic rings. The van der Waals surface area contributed by atoms with E-state index < -0.39 is 5.25 Å². The number of nitrogens with one attached hydrogen (secondary N) is 1. The first-order valence-corrected chi connectivity index (χ1v) is 10.5. The minimum Gasteiger partial charge on any atom is -0.468 e. The van der Waals surface area contributed by atoms with Crippen LogP contribution in [0.15, 0.2) is 78.1 Å². The summed E-state index contributed by atoms with van der Waals surface area (Å²) in [6.45, 7) is 1.74. The number of esters is 1. The zero-order valence-corrected chi connectivity index (χ0v) is 17.8. The average molecular weight is 433 g/mol. The number of methoxy groups -OCH3 is 1. The number of benzene rings is 2. The predicted molar refractivity (Wildman–Crippen MR) is 121 cm³/mol. The number of carbonyl (C=O) groups excluding carboxylic acids is 2. The Labute approximate surface area is 183 Å². The molecule has 0 aliphatic heterocycles. The number of amides is 1. The van der Waals surface area contributed by atoms with Gasteiger partial charge in [0.25, 0.3) is 5.91 Å². The van der Waals surface area contributed by atoms with Crippen molar-refractivity contribution in [1.82, 2.24) is 14.5 Å². The molecule has 4 rings (SSSR count). The molecule has 0 saturated carbocycles. The summed E-state index contributed by atoms with van der Waals surface area (Å²) in [4.78, 5) is 34.1. The molecule has 1 N–H and O–H groups in total. The van der Waals surface area contributed by atoms with Gasteiger partial charge in [-0.05, 0) is 43.3 Å². The fraction of sp³-hybridized carbons (Fsp3) is 0.130. The van der Waals surface area contributed by atoms with E-state index in [1.807, 2.05) is 47.0 Å². The van der Waals surface area contributed by atoms with E-state index in [1.54, 1.807) is 37.6 Å². The highest BCUT2D eigenvalue weighted by atomic mass is 32.2. The van der Waals surface area contributed by atoms with E-state index in [1.165, 1.54) is 18.9 Å². The molecule has 8 heteroatoms. The van der Waals surface area contributed by atoms with Gasteiger partial charge in [0.1, 0.15) is 17.4 Å². The van der Waals surface area contributed by atoms with E-state index in [0.29, 0.717) is 22.0 Å². The zero-order valence-electron chi connectivity index (χ0n) is 17.0. The number of ether oxygens (including phenoxy) is 1. The topological polar surface area (TPSA) is 86.1 Å². The normalized spacial score (nSPS) is 11.8. The largest absolute Gasteiger partial charge is 0.468 e. The predicted octanol–water partition coefficient (Wildman–Crippen LogP) is 4.33. The minimum atomic E-state index is -0.426. The first kappa shape index (κ1) is 20.6. The molecular weight excluding hydrogens is 412 g/mol. The van der Waals surface area contributed by atoms with Crippen molar-refractivity contribution in [1.29, 1.82) is 0 Å². The van der Waals surface area contributed by atoms with Crippen LogP contribution in [0, 0.1) is 0 Å². The molecule has 0 spiro atoms. The Morgan fingerprint density at radius 3 is 2.58 bits per heavy atom. The summed E-state index contributed by atoms with van der Waals surface area (Å²) in [6, 6.07) is 18.6. The van der Waals surface area contributed by atoms with Crippen LogP contribution in [-0.4, -0.2) is 38.8 Å². The van der Waals surface area contributed by atoms with Gasteiger partial charge in [0.15, 0.2) is 0 Å². The lowest BCUT2D eigenvalue weighted by atomic mass is 10.2. The molecule has 0 aliphatic carbocycles. The highest BCUT2D eigenvalue weighted by Crippen LogP contribution is 2.28. The molecule has 0 bridgehead atoms. The molecule has 1 unspecified atom stereocenters. The molecule has 2 heterocycles. The van der Waals surface area contributed by atoms with Gasteiger partial charge in [0, 0.05) is 4.90 Å². The van der Waals surface area contributed by atoms with Gasteiger partial charge < -0.3 is 10.1 Å². The monoisotopic (exact) mass is 432 g/mol. The summed E-state index contributed by atoms with van der Waals surface area (Å²) in [5.41, 5.74) is 2.89. The molecule has 2 aromatic carbocycles. The number of nitrogens with zero attached hydrogens (tertiary/aromatic N) is 3. The number of hydrogen-bond donors (Lipinski definition) is 1. The summed E-state index contributed by atoms with van der Waals surface area (Å²) in [5.74, 6) is 0.0874. The summed E-state index contributed by atoms with van der Waals surface area (Å²) in [7, 11) is 1.35. The second-order valence-corrected chi connectivity index (χ2v) is 8.12. The van der Waals surface area contributed by atoms with Crippen LogP contribution in [0.4, 0.5) is 5.69 Å². The lowest BCUT2D eigenvalue weighted by Gasteiger charge is -2.13. The Hall–Kier alpha value is -3.65. The first-order valence-electron chi connectivity index (χ1n) is 9.60. The number of fused-ring (bicyclic) bond motifs is 1. The van der Waals surface area contributed by atoms with Crippen LogP contribution in [0.1, 0.15) is 17.3 Å². The number of rotatable bonds is 6. The molecule has 0 aliphatic rings. The molecule has 0 saturated heterocycles. The maximum atomic E-state index is 12.9. The van der Waals surface area contributed by atoms with Crippen molar-refractivity contribution >= 4 is 40.4 Å². The van der Waals surface area contributed by atoms with E-state index in [4.69, 9.17) is 4.74 Å². The van der Waals surface area contributed by atoms with Gasteiger partial charge >= 0.3 is 5.97 Å². The van der Waals surface area contributed by atoms with Gasteiger partial charge in [-0.1, -0.05) is 24.3 Å². The van der Waals surface area contributed by atoms with E-state index in [-0.39, 0.29) is 11.9 Å². The van der Waals surface area contributed by atoms with E-state index >= 15 is 0 Å². The molecule has 156 valence electrons. The second-order valence-electron chi connectivity index (χ2n) is 6.74. The Balaban J connectivity index is 1.51. The fourth-order valence-electron chi connectivity index (χ4n) is 3.10. The molecular formula is C23H20N4O3S. The first-order chi connectivity index (χ1) is 15.1. The van der Waals surface area contributed by atoms with E-state index in [2.05, 4.69) is 15.3 Å². The molecule has 1 atom stereocenters. The van der Waals surface area contributed by atoms with E-state index in [9.17, 15) is 9.59 Å². The number of thioether (sulfide) groups is 1. The van der Waals surface area contributed by atoms with Crippen molar-refractivity contribution in [2.75, 3.05) is 12.4 Å². The molecule has 2 aromatic heterocycles. The summed E-state index contributed by atoms with van der Waals surface area (Å²) < 4.78 is 6.66. The average Bonchev–Trinajstić information content (AvgIpc) is 3.23. The van der Waals surface area contributed by atoms with Crippen molar-refractivity contribution in [2.24, 2.45) is 0 Å². The quantitative estimate of drug-likeness (QED) is 0.361. The number of imidazole rings is 1. The number of anilines is 1. The van der Waals surface area contributed by atoms with Crippen LogP contribution in [0.25, 0.3) is 16.9 Å². The maximum Gasteiger partial charge on any atom is 0.318 e. The molecule has 0 fully saturated rings. The summed E-state index contributed by atoms with van der Waals surface area (Å²) in [5, 5.41) is 2.44. The SMILES string of the molecule is COC(=O)C(C)Sc1ccccc1C(=O)Nc1ccc(-n2cnc3ccccc32)nc1. The third kappa shape index (κ3) is 4.44. The smallest absolute Gasteiger partial charge is 0.318 e. The highest BCUT2D eigenvalue weighted by Gasteiger charge is 2.19. The molecule has 31 heavy (non-hydrogen) atoms. The highest BCUT2D eigenvalue weighted by molar-refractivity contribution is 8.00. The third-order valence-corrected chi connectivity index (χ3v) is 5.83. The van der Waals surface area contributed by atoms with Crippen LogP contribution in [-0.2, 0) is 9.53 Å². The number of para-hydroxylation sites is 2. The Kier molecular flexibility index (Phi) is 5.99. The lowest BCUT2D eigenvalue weighted by molar-refractivity contribution is -0.139. The van der Waals surface area contributed by atoms with Crippen LogP contribution in [0.5, 0.6) is 0 Å². The van der Waals surface area contributed by atoms with Crippen molar-refractivity contribution in [2.45, 2.75) is 17.1 Å². The van der Waals surface area contributed by atoms with Gasteiger partial charge in [-0.25, -0.2) is 9.97 Å². The zero-order chi connectivity index (χ0) is 21.8. The lowest BCUT2D eigenvalue weighted by Crippen LogP contribution is -2.17. The van der Waals surface area contributed by atoms with Gasteiger partial charge in [0.2, 0.25) is 0 Å². The van der Waals surface area contributed by atoms with Crippen molar-refractivity contribution in [3.05, 3.63) is 78.8 Å². The molecule has 0 radical (unpaired) electrons. The number of hydrogen-bond acceptors (Lipinski definition) is 6. The molecule has 1 amide bonds. The Bertz CT molecular complexity index is 1240. The fourth-order valence-corrected chi connectivity index (χ4v) is 4.12. The summed E-state index contributed by atoms with van der Waals surface area (Å²) >= 11 is 1.28. The third-order valence-electron chi connectivity index (χ3n) is 4.67. The maximum absolute atomic E-state index is 12.9. The van der Waals surface area contributed by atoms with Gasteiger partial charge in [-0.3, -0.25) is 14.2 Å². The second kappa shape index (κ2) is 9.01. The van der Waals surface area contributed by atoms with Crippen LogP contribution < -0.4 is 5.32 Å².